The predicted molar refractivity (Wildman–Crippen MR) is 77.0 cm³/mol. The average Bonchev–Trinajstić information content (AvgIpc) is 2.43. The molecule has 1 fully saturated rings. The molecule has 0 radical (unpaired) electrons. The van der Waals surface area contributed by atoms with E-state index in [0.717, 1.165) is 0 Å². The maximum Gasteiger partial charge on any atom is 0.242 e. The van der Waals surface area contributed by atoms with Crippen molar-refractivity contribution in [1.29, 1.82) is 0 Å². The quantitative estimate of drug-likeness (QED) is 0.854. The van der Waals surface area contributed by atoms with Crippen LogP contribution in [0.25, 0.3) is 0 Å². The number of amides is 1. The van der Waals surface area contributed by atoms with Crippen molar-refractivity contribution in [2.75, 3.05) is 26.0 Å². The van der Waals surface area contributed by atoms with Crippen molar-refractivity contribution in [1.82, 2.24) is 9.62 Å². The van der Waals surface area contributed by atoms with Gasteiger partial charge >= 0.3 is 0 Å². The molecule has 1 aromatic carbocycles. The van der Waals surface area contributed by atoms with Crippen LogP contribution in [0, 0.1) is 0 Å². The van der Waals surface area contributed by atoms with Gasteiger partial charge in [-0.3, -0.25) is 4.79 Å². The number of benzene rings is 1. The Bertz CT molecular complexity index is 601. The summed E-state index contributed by atoms with van der Waals surface area (Å²) >= 11 is 0. The van der Waals surface area contributed by atoms with Crippen LogP contribution in [0.5, 0.6) is 0 Å². The maximum absolute atomic E-state index is 12.0. The van der Waals surface area contributed by atoms with E-state index in [2.05, 4.69) is 10.0 Å². The van der Waals surface area contributed by atoms with E-state index < -0.39 is 10.0 Å². The molecule has 1 aliphatic rings. The lowest BCUT2D eigenvalue weighted by Crippen LogP contribution is -2.43. The van der Waals surface area contributed by atoms with Gasteiger partial charge in [-0.25, -0.2) is 13.1 Å². The highest BCUT2D eigenvalue weighted by Crippen LogP contribution is 2.23. The summed E-state index contributed by atoms with van der Waals surface area (Å²) < 4.78 is 26.2. The number of para-hydroxylation sites is 1. The van der Waals surface area contributed by atoms with Crippen LogP contribution in [0.1, 0.15) is 12.8 Å². The molecule has 2 N–H and O–H groups in total. The summed E-state index contributed by atoms with van der Waals surface area (Å²) in [6.45, 7) is 0.576. The lowest BCUT2D eigenvalue weighted by Gasteiger charge is -2.31. The van der Waals surface area contributed by atoms with Crippen LogP contribution < -0.4 is 10.0 Å². The van der Waals surface area contributed by atoms with Crippen LogP contribution in [-0.2, 0) is 14.8 Å². The normalized spacial score (nSPS) is 20.0. The molecule has 0 bridgehead atoms. The smallest absolute Gasteiger partial charge is 0.242 e. The molecule has 110 valence electrons. The highest BCUT2D eigenvalue weighted by Gasteiger charge is 2.24. The molecule has 2 rings (SSSR count). The van der Waals surface area contributed by atoms with Gasteiger partial charge in [-0.2, -0.15) is 0 Å². The van der Waals surface area contributed by atoms with Crippen molar-refractivity contribution < 1.29 is 13.2 Å². The van der Waals surface area contributed by atoms with Crippen molar-refractivity contribution in [3.8, 4) is 0 Å². The molecule has 1 unspecified atom stereocenters. The summed E-state index contributed by atoms with van der Waals surface area (Å²) in [5.74, 6) is 0.124. The number of likely N-dealkylation sites (tertiary alicyclic amines) is 1. The topological polar surface area (TPSA) is 78.5 Å². The standard InChI is InChI=1S/C13H19N3O3S/c1-14-20(18,19)12-6-4-3-5-11(12)15-10-7-8-13(17)16(2)9-10/h3-6,10,14-15H,7-9H2,1-2H3. The van der Waals surface area contributed by atoms with Gasteiger partial charge in [0.2, 0.25) is 15.9 Å². The zero-order valence-corrected chi connectivity index (χ0v) is 12.4. The molecule has 0 aliphatic carbocycles. The molecule has 0 saturated carbocycles. The Labute approximate surface area is 119 Å². The van der Waals surface area contributed by atoms with E-state index in [-0.39, 0.29) is 16.8 Å². The van der Waals surface area contributed by atoms with Crippen LogP contribution in [0.4, 0.5) is 5.69 Å². The zero-order valence-electron chi connectivity index (χ0n) is 11.6. The molecular weight excluding hydrogens is 278 g/mol. The highest BCUT2D eigenvalue weighted by molar-refractivity contribution is 7.89. The van der Waals surface area contributed by atoms with Gasteiger partial charge in [0.25, 0.3) is 0 Å². The second-order valence-corrected chi connectivity index (χ2v) is 6.71. The van der Waals surface area contributed by atoms with Crippen LogP contribution >= 0.6 is 0 Å². The van der Waals surface area contributed by atoms with E-state index in [4.69, 9.17) is 0 Å². The SMILES string of the molecule is CNS(=O)(=O)c1ccccc1NC1CCC(=O)N(C)C1. The molecule has 1 saturated heterocycles. The first-order valence-corrected chi connectivity index (χ1v) is 7.95. The van der Waals surface area contributed by atoms with Gasteiger partial charge in [0.15, 0.2) is 0 Å². The van der Waals surface area contributed by atoms with Crippen molar-refractivity contribution in [2.24, 2.45) is 0 Å². The van der Waals surface area contributed by atoms with Crippen molar-refractivity contribution in [3.63, 3.8) is 0 Å². The fourth-order valence-electron chi connectivity index (χ4n) is 2.28. The summed E-state index contributed by atoms with van der Waals surface area (Å²) in [6.07, 6.45) is 1.19. The minimum absolute atomic E-state index is 0.0610. The summed E-state index contributed by atoms with van der Waals surface area (Å²) in [6, 6.07) is 6.83. The molecule has 1 amide bonds. The van der Waals surface area contributed by atoms with E-state index in [0.29, 0.717) is 25.1 Å². The lowest BCUT2D eigenvalue weighted by atomic mass is 10.1. The van der Waals surface area contributed by atoms with Gasteiger partial charge in [-0.15, -0.1) is 0 Å². The second-order valence-electron chi connectivity index (χ2n) is 4.86. The fraction of sp³-hybridized carbons (Fsp3) is 0.462. The molecule has 1 aromatic rings. The largest absolute Gasteiger partial charge is 0.379 e. The Morgan fingerprint density at radius 2 is 2.00 bits per heavy atom. The Morgan fingerprint density at radius 1 is 1.30 bits per heavy atom. The zero-order chi connectivity index (χ0) is 14.8. The minimum atomic E-state index is -3.50. The molecule has 0 aromatic heterocycles. The molecule has 7 heteroatoms. The van der Waals surface area contributed by atoms with Crippen molar-refractivity contribution in [2.45, 2.75) is 23.8 Å². The third-order valence-corrected chi connectivity index (χ3v) is 4.90. The third-order valence-electron chi connectivity index (χ3n) is 3.43. The van der Waals surface area contributed by atoms with Gasteiger partial charge in [-0.1, -0.05) is 12.1 Å². The predicted octanol–water partition coefficient (Wildman–Crippen LogP) is 0.627. The van der Waals surface area contributed by atoms with Crippen molar-refractivity contribution >= 4 is 21.6 Å². The van der Waals surface area contributed by atoms with Gasteiger partial charge in [-0.05, 0) is 25.6 Å². The number of carbonyl (C=O) groups excluding carboxylic acids is 1. The average molecular weight is 297 g/mol. The monoisotopic (exact) mass is 297 g/mol. The molecule has 20 heavy (non-hydrogen) atoms. The van der Waals surface area contributed by atoms with Crippen LogP contribution in [0.15, 0.2) is 29.2 Å². The number of anilines is 1. The highest BCUT2D eigenvalue weighted by atomic mass is 32.2. The van der Waals surface area contributed by atoms with E-state index in [1.807, 2.05) is 0 Å². The van der Waals surface area contributed by atoms with E-state index in [1.165, 1.54) is 7.05 Å². The van der Waals surface area contributed by atoms with Gasteiger partial charge < -0.3 is 10.2 Å². The first-order valence-electron chi connectivity index (χ1n) is 6.47. The van der Waals surface area contributed by atoms with Crippen LogP contribution in [0.3, 0.4) is 0 Å². The third kappa shape index (κ3) is 3.10. The molecule has 0 spiro atoms. The number of sulfonamides is 1. The maximum atomic E-state index is 12.0. The summed E-state index contributed by atoms with van der Waals surface area (Å²) in [5.41, 5.74) is 0.564. The Hall–Kier alpha value is -1.60. The van der Waals surface area contributed by atoms with Gasteiger partial charge in [0, 0.05) is 26.1 Å². The Kier molecular flexibility index (Phi) is 4.29. The number of nitrogens with one attached hydrogen (secondary N) is 2. The number of likely N-dealkylation sites (N-methyl/N-ethyl adjacent to an activating group) is 1. The van der Waals surface area contributed by atoms with E-state index in [9.17, 15) is 13.2 Å². The molecule has 6 nitrogen and oxygen atoms in total. The molecular formula is C13H19N3O3S. The molecule has 1 heterocycles. The van der Waals surface area contributed by atoms with E-state index in [1.54, 1.807) is 36.2 Å². The molecule has 1 atom stereocenters. The fourth-order valence-corrected chi connectivity index (χ4v) is 3.17. The van der Waals surface area contributed by atoms with Crippen LogP contribution in [-0.4, -0.2) is 45.9 Å². The minimum Gasteiger partial charge on any atom is -0.379 e. The lowest BCUT2D eigenvalue weighted by molar-refractivity contribution is -0.132. The number of hydrogen-bond acceptors (Lipinski definition) is 4. The number of nitrogens with zero attached hydrogens (tertiary/aromatic N) is 1. The first-order chi connectivity index (χ1) is 9.44. The number of carbonyl (C=O) groups is 1. The molecule has 1 aliphatic heterocycles. The number of piperidine rings is 1. The van der Waals surface area contributed by atoms with E-state index >= 15 is 0 Å². The second kappa shape index (κ2) is 5.80. The Morgan fingerprint density at radius 3 is 2.65 bits per heavy atom. The van der Waals surface area contributed by atoms with Crippen LogP contribution in [0.2, 0.25) is 0 Å². The van der Waals surface area contributed by atoms with Gasteiger partial charge in [0.05, 0.1) is 5.69 Å². The Balaban J connectivity index is 2.20. The summed E-state index contributed by atoms with van der Waals surface area (Å²) in [4.78, 5) is 13.3. The summed E-state index contributed by atoms with van der Waals surface area (Å²) in [5, 5.41) is 3.23. The summed E-state index contributed by atoms with van der Waals surface area (Å²) in [7, 11) is -0.353. The first kappa shape index (κ1) is 14.8. The number of rotatable bonds is 4. The van der Waals surface area contributed by atoms with Crippen molar-refractivity contribution in [3.05, 3.63) is 24.3 Å². The van der Waals surface area contributed by atoms with Gasteiger partial charge in [0.1, 0.15) is 4.90 Å². The number of hydrogen-bond donors (Lipinski definition) is 2.